The van der Waals surface area contributed by atoms with Gasteiger partial charge in [0.1, 0.15) is 17.2 Å². The zero-order chi connectivity index (χ0) is 18.4. The lowest BCUT2D eigenvalue weighted by Crippen LogP contribution is -2.34. The Bertz CT molecular complexity index is 775. The van der Waals surface area contributed by atoms with Gasteiger partial charge in [0.25, 0.3) is 5.91 Å². The van der Waals surface area contributed by atoms with E-state index in [-0.39, 0.29) is 11.5 Å². The molecular formula is C18H21N3O4. The summed E-state index contributed by atoms with van der Waals surface area (Å²) in [4.78, 5) is 16.1. The molecule has 1 aromatic carbocycles. The van der Waals surface area contributed by atoms with Crippen molar-refractivity contribution in [3.63, 3.8) is 0 Å². The number of hydrogen-bond donors (Lipinski definition) is 3. The minimum atomic E-state index is -0.763. The standard InChI is InChI=1S/C18H21N3O4/c1-4-15(14-7-8-16(22)11(2)17(14)23)20-21-18(24)12(3)25-13-6-5-9-19-10-13/h5-10,12,22-23H,4H2,1-3H3,(H,21,24)/b20-15+. The van der Waals surface area contributed by atoms with Crippen LogP contribution in [0.2, 0.25) is 0 Å². The van der Waals surface area contributed by atoms with Crippen LogP contribution in [0.3, 0.4) is 0 Å². The molecule has 1 heterocycles. The number of ether oxygens (including phenoxy) is 1. The van der Waals surface area contributed by atoms with Crippen LogP contribution in [0.25, 0.3) is 0 Å². The van der Waals surface area contributed by atoms with Gasteiger partial charge in [-0.05, 0) is 44.5 Å². The Morgan fingerprint density at radius 1 is 1.36 bits per heavy atom. The Kier molecular flexibility index (Phi) is 5.94. The van der Waals surface area contributed by atoms with Crippen LogP contribution >= 0.6 is 0 Å². The van der Waals surface area contributed by atoms with E-state index in [9.17, 15) is 15.0 Å². The van der Waals surface area contributed by atoms with Crippen molar-refractivity contribution >= 4 is 11.6 Å². The molecule has 0 aliphatic heterocycles. The molecule has 2 rings (SSSR count). The van der Waals surface area contributed by atoms with Crippen LogP contribution in [0.1, 0.15) is 31.4 Å². The average molecular weight is 343 g/mol. The first-order valence-corrected chi connectivity index (χ1v) is 7.89. The number of aromatic hydroxyl groups is 2. The molecule has 1 atom stereocenters. The summed E-state index contributed by atoms with van der Waals surface area (Å²) in [6, 6.07) is 6.45. The Morgan fingerprint density at radius 3 is 2.76 bits per heavy atom. The molecule has 25 heavy (non-hydrogen) atoms. The van der Waals surface area contributed by atoms with Crippen LogP contribution in [0.5, 0.6) is 17.2 Å². The number of hydrazone groups is 1. The summed E-state index contributed by atoms with van der Waals surface area (Å²) in [5, 5.41) is 23.9. The molecule has 0 saturated heterocycles. The Morgan fingerprint density at radius 2 is 2.12 bits per heavy atom. The van der Waals surface area contributed by atoms with Gasteiger partial charge in [0, 0.05) is 17.3 Å². The summed E-state index contributed by atoms with van der Waals surface area (Å²) in [7, 11) is 0. The number of amides is 1. The Labute approximate surface area is 146 Å². The second-order valence-corrected chi connectivity index (χ2v) is 5.44. The van der Waals surface area contributed by atoms with E-state index in [1.807, 2.05) is 6.92 Å². The van der Waals surface area contributed by atoms with Gasteiger partial charge in [-0.3, -0.25) is 9.78 Å². The number of nitrogens with zero attached hydrogens (tertiary/aromatic N) is 2. The minimum absolute atomic E-state index is 0.000712. The van der Waals surface area contributed by atoms with Crippen molar-refractivity contribution in [1.29, 1.82) is 0 Å². The first-order chi connectivity index (χ1) is 11.9. The van der Waals surface area contributed by atoms with E-state index in [1.165, 1.54) is 12.3 Å². The van der Waals surface area contributed by atoms with E-state index in [0.29, 0.717) is 29.0 Å². The molecule has 2 aromatic rings. The zero-order valence-corrected chi connectivity index (χ0v) is 14.4. The predicted octanol–water partition coefficient (Wildman–Crippen LogP) is 2.50. The quantitative estimate of drug-likeness (QED) is 0.552. The van der Waals surface area contributed by atoms with Crippen molar-refractivity contribution in [1.82, 2.24) is 10.4 Å². The molecule has 132 valence electrons. The number of aromatic nitrogens is 1. The summed E-state index contributed by atoms with van der Waals surface area (Å²) in [5.41, 5.74) is 3.75. The maximum absolute atomic E-state index is 12.1. The second-order valence-electron chi connectivity index (χ2n) is 5.44. The molecule has 0 aliphatic rings. The van der Waals surface area contributed by atoms with E-state index in [0.717, 1.165) is 0 Å². The van der Waals surface area contributed by atoms with Crippen molar-refractivity contribution in [3.05, 3.63) is 47.8 Å². The Balaban J connectivity index is 2.10. The van der Waals surface area contributed by atoms with E-state index < -0.39 is 12.0 Å². The highest BCUT2D eigenvalue weighted by atomic mass is 16.5. The maximum atomic E-state index is 12.1. The smallest absolute Gasteiger partial charge is 0.280 e. The first kappa shape index (κ1) is 18.3. The Hall–Kier alpha value is -3.09. The van der Waals surface area contributed by atoms with Gasteiger partial charge >= 0.3 is 0 Å². The van der Waals surface area contributed by atoms with Crippen LogP contribution in [0.15, 0.2) is 41.8 Å². The van der Waals surface area contributed by atoms with E-state index in [2.05, 4.69) is 15.5 Å². The molecule has 0 bridgehead atoms. The lowest BCUT2D eigenvalue weighted by atomic mass is 10.0. The summed E-state index contributed by atoms with van der Waals surface area (Å²) >= 11 is 0. The van der Waals surface area contributed by atoms with Crippen molar-refractivity contribution in [2.75, 3.05) is 0 Å². The predicted molar refractivity (Wildman–Crippen MR) is 93.8 cm³/mol. The molecule has 1 unspecified atom stereocenters. The number of nitrogens with one attached hydrogen (secondary N) is 1. The van der Waals surface area contributed by atoms with Gasteiger partial charge in [0.05, 0.1) is 11.9 Å². The lowest BCUT2D eigenvalue weighted by molar-refractivity contribution is -0.127. The molecule has 7 heteroatoms. The average Bonchev–Trinajstić information content (AvgIpc) is 2.62. The van der Waals surface area contributed by atoms with E-state index >= 15 is 0 Å². The minimum Gasteiger partial charge on any atom is -0.508 e. The van der Waals surface area contributed by atoms with Crippen molar-refractivity contribution in [3.8, 4) is 17.2 Å². The summed E-state index contributed by atoms with van der Waals surface area (Å²) in [6.45, 7) is 5.05. The fraction of sp³-hybridized carbons (Fsp3) is 0.278. The van der Waals surface area contributed by atoms with Gasteiger partial charge in [-0.15, -0.1) is 0 Å². The normalized spacial score (nSPS) is 12.5. The number of hydrogen-bond acceptors (Lipinski definition) is 6. The van der Waals surface area contributed by atoms with Crippen molar-refractivity contribution in [2.45, 2.75) is 33.3 Å². The van der Waals surface area contributed by atoms with E-state index in [1.54, 1.807) is 38.2 Å². The largest absolute Gasteiger partial charge is 0.508 e. The number of carbonyl (C=O) groups is 1. The monoisotopic (exact) mass is 343 g/mol. The lowest BCUT2D eigenvalue weighted by Gasteiger charge is -2.14. The fourth-order valence-electron chi connectivity index (χ4n) is 2.14. The van der Waals surface area contributed by atoms with Crippen LogP contribution < -0.4 is 10.2 Å². The summed E-state index contributed by atoms with van der Waals surface area (Å²) in [6.07, 6.45) is 2.85. The number of phenolic OH excluding ortho intramolecular Hbond substituents is 2. The van der Waals surface area contributed by atoms with E-state index in [4.69, 9.17) is 4.74 Å². The molecule has 1 amide bonds. The van der Waals surface area contributed by atoms with Gasteiger partial charge in [-0.2, -0.15) is 5.10 Å². The summed E-state index contributed by atoms with van der Waals surface area (Å²) in [5.74, 6) is -0.00446. The van der Waals surface area contributed by atoms with Gasteiger partial charge in [-0.1, -0.05) is 6.92 Å². The van der Waals surface area contributed by atoms with Crippen LogP contribution in [0, 0.1) is 6.92 Å². The first-order valence-electron chi connectivity index (χ1n) is 7.89. The van der Waals surface area contributed by atoms with Gasteiger partial charge in [0.2, 0.25) is 0 Å². The van der Waals surface area contributed by atoms with Gasteiger partial charge in [0.15, 0.2) is 6.10 Å². The highest BCUT2D eigenvalue weighted by Gasteiger charge is 2.16. The fourth-order valence-corrected chi connectivity index (χ4v) is 2.14. The van der Waals surface area contributed by atoms with Crippen molar-refractivity contribution in [2.24, 2.45) is 5.10 Å². The molecule has 1 aromatic heterocycles. The molecule has 7 nitrogen and oxygen atoms in total. The molecule has 3 N–H and O–H groups in total. The zero-order valence-electron chi connectivity index (χ0n) is 14.4. The third-order valence-electron chi connectivity index (χ3n) is 3.67. The molecule has 0 radical (unpaired) electrons. The maximum Gasteiger partial charge on any atom is 0.280 e. The number of benzene rings is 1. The molecular weight excluding hydrogens is 322 g/mol. The topological polar surface area (TPSA) is 104 Å². The van der Waals surface area contributed by atoms with Crippen molar-refractivity contribution < 1.29 is 19.7 Å². The van der Waals surface area contributed by atoms with Gasteiger partial charge in [-0.25, -0.2) is 5.43 Å². The molecule has 0 fully saturated rings. The molecule has 0 saturated carbocycles. The number of rotatable bonds is 6. The van der Waals surface area contributed by atoms with Crippen LogP contribution in [-0.4, -0.2) is 32.9 Å². The number of carbonyl (C=O) groups excluding carboxylic acids is 1. The molecule has 0 aliphatic carbocycles. The molecule has 0 spiro atoms. The summed E-state index contributed by atoms with van der Waals surface area (Å²) < 4.78 is 5.48. The third kappa shape index (κ3) is 4.47. The number of phenols is 2. The third-order valence-corrected chi connectivity index (χ3v) is 3.67. The van der Waals surface area contributed by atoms with Gasteiger partial charge < -0.3 is 14.9 Å². The number of pyridine rings is 1. The second kappa shape index (κ2) is 8.14. The SMILES string of the molecule is CC/C(=N\NC(=O)C(C)Oc1cccnc1)c1ccc(O)c(C)c1O. The highest BCUT2D eigenvalue weighted by molar-refractivity contribution is 6.03. The van der Waals surface area contributed by atoms with Crippen LogP contribution in [0.4, 0.5) is 0 Å². The van der Waals surface area contributed by atoms with Crippen LogP contribution in [-0.2, 0) is 4.79 Å². The highest BCUT2D eigenvalue weighted by Crippen LogP contribution is 2.30.